The van der Waals surface area contributed by atoms with Crippen molar-refractivity contribution in [1.82, 2.24) is 9.78 Å². The number of esters is 1. The third kappa shape index (κ3) is 4.62. The van der Waals surface area contributed by atoms with Gasteiger partial charge < -0.3 is 14.8 Å². The number of para-hydroxylation sites is 1. The quantitative estimate of drug-likeness (QED) is 0.585. The number of benzene rings is 2. The lowest BCUT2D eigenvalue weighted by Crippen LogP contribution is -2.15. The molecule has 0 unspecified atom stereocenters. The minimum Gasteiger partial charge on any atom is -0.462 e. The fraction of sp³-hybridized carbons (Fsp3) is 0.190. The van der Waals surface area contributed by atoms with Gasteiger partial charge in [-0.2, -0.15) is 13.9 Å². The molecular formula is C21H19F2N3O4. The maximum absolute atomic E-state index is 12.5. The van der Waals surface area contributed by atoms with Crippen LogP contribution < -0.4 is 10.1 Å². The van der Waals surface area contributed by atoms with Crippen molar-refractivity contribution in [3.05, 3.63) is 71.5 Å². The molecule has 1 heterocycles. The second-order valence-electron chi connectivity index (χ2n) is 6.15. The minimum atomic E-state index is -3.03. The summed E-state index contributed by atoms with van der Waals surface area (Å²) in [6.45, 7) is 0.705. The summed E-state index contributed by atoms with van der Waals surface area (Å²) < 4.78 is 36.0. The van der Waals surface area contributed by atoms with E-state index in [9.17, 15) is 18.4 Å². The lowest BCUT2D eigenvalue weighted by molar-refractivity contribution is -0.0501. The van der Waals surface area contributed by atoms with Gasteiger partial charge in [0.1, 0.15) is 11.3 Å². The Morgan fingerprint density at radius 3 is 2.47 bits per heavy atom. The number of halogens is 2. The fourth-order valence-corrected chi connectivity index (χ4v) is 2.82. The number of nitrogens with one attached hydrogen (secondary N) is 1. The summed E-state index contributed by atoms with van der Waals surface area (Å²) in [6.07, 6.45) is 1.43. The van der Waals surface area contributed by atoms with Gasteiger partial charge in [-0.25, -0.2) is 9.48 Å². The number of hydrogen-bond acceptors (Lipinski definition) is 5. The maximum atomic E-state index is 12.5. The Hall–Kier alpha value is -3.75. The van der Waals surface area contributed by atoms with Gasteiger partial charge in [0.15, 0.2) is 0 Å². The molecule has 1 N–H and O–H groups in total. The Kier molecular flexibility index (Phi) is 6.41. The van der Waals surface area contributed by atoms with Crippen LogP contribution in [-0.4, -0.2) is 34.9 Å². The predicted molar refractivity (Wildman–Crippen MR) is 105 cm³/mol. The van der Waals surface area contributed by atoms with E-state index in [0.29, 0.717) is 22.6 Å². The topological polar surface area (TPSA) is 82.5 Å². The number of nitrogens with zero attached hydrogens (tertiary/aromatic N) is 2. The third-order valence-corrected chi connectivity index (χ3v) is 4.22. The molecule has 0 radical (unpaired) electrons. The number of carbonyl (C=O) groups is 2. The van der Waals surface area contributed by atoms with E-state index in [-0.39, 0.29) is 17.9 Å². The predicted octanol–water partition coefficient (Wildman–Crippen LogP) is 4.21. The van der Waals surface area contributed by atoms with Crippen molar-refractivity contribution in [2.24, 2.45) is 0 Å². The summed E-state index contributed by atoms with van der Waals surface area (Å²) >= 11 is 0. The van der Waals surface area contributed by atoms with Crippen LogP contribution in [0.5, 0.6) is 5.75 Å². The van der Waals surface area contributed by atoms with E-state index >= 15 is 0 Å². The van der Waals surface area contributed by atoms with Crippen LogP contribution in [0.4, 0.5) is 14.5 Å². The summed E-state index contributed by atoms with van der Waals surface area (Å²) in [5, 5.41) is 6.85. The Labute approximate surface area is 171 Å². The molecular weight excluding hydrogens is 396 g/mol. The molecule has 7 nitrogen and oxygen atoms in total. The first kappa shape index (κ1) is 21.0. The highest BCUT2D eigenvalue weighted by atomic mass is 19.3. The Bertz CT molecular complexity index is 1050. The average Bonchev–Trinajstić information content (AvgIpc) is 3.10. The number of alkyl halides is 2. The van der Waals surface area contributed by atoms with Crippen molar-refractivity contribution in [2.75, 3.05) is 11.9 Å². The molecule has 0 spiro atoms. The van der Waals surface area contributed by atoms with Gasteiger partial charge in [0, 0.05) is 5.69 Å². The van der Waals surface area contributed by atoms with Gasteiger partial charge in [0.2, 0.25) is 0 Å². The van der Waals surface area contributed by atoms with Crippen LogP contribution in [0.15, 0.2) is 54.7 Å². The highest BCUT2D eigenvalue weighted by molar-refractivity contribution is 6.06. The zero-order valence-electron chi connectivity index (χ0n) is 16.3. The number of hydrogen-bond donors (Lipinski definition) is 1. The number of carbonyl (C=O) groups excluding carboxylic acids is 2. The number of amides is 1. The molecule has 3 aromatic rings. The van der Waals surface area contributed by atoms with E-state index < -0.39 is 18.5 Å². The highest BCUT2D eigenvalue weighted by Crippen LogP contribution is 2.22. The first-order chi connectivity index (χ1) is 14.4. The van der Waals surface area contributed by atoms with Crippen LogP contribution in [-0.2, 0) is 4.74 Å². The van der Waals surface area contributed by atoms with Crippen molar-refractivity contribution < 1.29 is 27.8 Å². The summed E-state index contributed by atoms with van der Waals surface area (Å²) in [6, 6.07) is 12.4. The lowest BCUT2D eigenvalue weighted by atomic mass is 10.2. The van der Waals surface area contributed by atoms with Crippen LogP contribution in [0.25, 0.3) is 5.69 Å². The zero-order valence-corrected chi connectivity index (χ0v) is 16.3. The Morgan fingerprint density at radius 1 is 1.10 bits per heavy atom. The van der Waals surface area contributed by atoms with E-state index in [2.05, 4.69) is 15.2 Å². The largest absolute Gasteiger partial charge is 0.462 e. The van der Waals surface area contributed by atoms with Gasteiger partial charge >= 0.3 is 12.6 Å². The Balaban J connectivity index is 1.76. The van der Waals surface area contributed by atoms with E-state index in [1.165, 1.54) is 24.4 Å². The molecule has 0 bridgehead atoms. The first-order valence-corrected chi connectivity index (χ1v) is 9.08. The number of rotatable bonds is 7. The van der Waals surface area contributed by atoms with Crippen LogP contribution in [0, 0.1) is 6.92 Å². The smallest absolute Gasteiger partial charge is 0.387 e. The highest BCUT2D eigenvalue weighted by Gasteiger charge is 2.17. The first-order valence-electron chi connectivity index (χ1n) is 9.08. The summed E-state index contributed by atoms with van der Waals surface area (Å²) in [7, 11) is 0. The van der Waals surface area contributed by atoms with Crippen LogP contribution in [0.3, 0.4) is 0 Å². The second kappa shape index (κ2) is 9.17. The van der Waals surface area contributed by atoms with Gasteiger partial charge in [-0.05, 0) is 50.2 Å². The van der Waals surface area contributed by atoms with Gasteiger partial charge in [-0.15, -0.1) is 0 Å². The van der Waals surface area contributed by atoms with E-state index in [1.807, 2.05) is 0 Å². The third-order valence-electron chi connectivity index (χ3n) is 4.22. The van der Waals surface area contributed by atoms with Crippen molar-refractivity contribution in [3.63, 3.8) is 0 Å². The molecule has 1 amide bonds. The summed E-state index contributed by atoms with van der Waals surface area (Å²) in [5.41, 5.74) is 2.09. The van der Waals surface area contributed by atoms with Crippen molar-refractivity contribution in [1.29, 1.82) is 0 Å². The fourth-order valence-electron chi connectivity index (χ4n) is 2.82. The lowest BCUT2D eigenvalue weighted by Gasteiger charge is -2.11. The number of aromatic nitrogens is 2. The SMILES string of the molecule is CCOC(=O)c1cnn(-c2ccc(NC(=O)c3ccccc3OC(F)F)cc2)c1C. The van der Waals surface area contributed by atoms with Gasteiger partial charge in [-0.3, -0.25) is 4.79 Å². The van der Waals surface area contributed by atoms with Gasteiger partial charge in [-0.1, -0.05) is 12.1 Å². The number of anilines is 1. The number of ether oxygens (including phenoxy) is 2. The minimum absolute atomic E-state index is 0.0103. The molecule has 0 saturated carbocycles. The molecule has 0 aliphatic carbocycles. The molecule has 0 fully saturated rings. The monoisotopic (exact) mass is 415 g/mol. The van der Waals surface area contributed by atoms with Crippen LogP contribution in [0.2, 0.25) is 0 Å². The molecule has 30 heavy (non-hydrogen) atoms. The van der Waals surface area contributed by atoms with Gasteiger partial charge in [0.25, 0.3) is 5.91 Å². The molecule has 1 aromatic heterocycles. The van der Waals surface area contributed by atoms with Crippen molar-refractivity contribution >= 4 is 17.6 Å². The molecule has 3 rings (SSSR count). The Morgan fingerprint density at radius 2 is 1.80 bits per heavy atom. The van der Waals surface area contributed by atoms with E-state index in [1.54, 1.807) is 48.9 Å². The molecule has 0 aliphatic rings. The summed E-state index contributed by atoms with van der Waals surface area (Å²) in [5.74, 6) is -1.24. The van der Waals surface area contributed by atoms with E-state index in [0.717, 1.165) is 0 Å². The molecule has 0 saturated heterocycles. The zero-order chi connectivity index (χ0) is 21.7. The van der Waals surface area contributed by atoms with Crippen molar-refractivity contribution in [2.45, 2.75) is 20.5 Å². The standard InChI is InChI=1S/C21H19F2N3O4/c1-3-29-20(28)17-12-24-26(13(17)2)15-10-8-14(9-11-15)25-19(27)16-6-4-5-7-18(16)30-21(22)23/h4-12,21H,3H2,1-2H3,(H,25,27). The molecule has 156 valence electrons. The molecule has 2 aromatic carbocycles. The van der Waals surface area contributed by atoms with Gasteiger partial charge in [0.05, 0.1) is 29.7 Å². The average molecular weight is 415 g/mol. The second-order valence-corrected chi connectivity index (χ2v) is 6.15. The van der Waals surface area contributed by atoms with Crippen LogP contribution in [0.1, 0.15) is 33.3 Å². The van der Waals surface area contributed by atoms with E-state index in [4.69, 9.17) is 4.74 Å². The summed E-state index contributed by atoms with van der Waals surface area (Å²) in [4.78, 5) is 24.4. The van der Waals surface area contributed by atoms with Crippen LogP contribution >= 0.6 is 0 Å². The molecule has 0 aliphatic heterocycles. The molecule has 9 heteroatoms. The normalized spacial score (nSPS) is 10.7. The molecule has 0 atom stereocenters. The maximum Gasteiger partial charge on any atom is 0.387 e. The van der Waals surface area contributed by atoms with Crippen molar-refractivity contribution in [3.8, 4) is 11.4 Å².